The van der Waals surface area contributed by atoms with E-state index < -0.39 is 0 Å². The van der Waals surface area contributed by atoms with Crippen LogP contribution in [-0.4, -0.2) is 39.3 Å². The quantitative estimate of drug-likeness (QED) is 0.211. The van der Waals surface area contributed by atoms with Crippen LogP contribution in [0.25, 0.3) is 0 Å². The van der Waals surface area contributed by atoms with Crippen molar-refractivity contribution < 1.29 is 14.0 Å². The molecule has 0 aliphatic rings. The molecule has 20 heavy (non-hydrogen) atoms. The molecule has 1 atom stereocenters. The van der Waals surface area contributed by atoms with Gasteiger partial charge in [0, 0.05) is 28.5 Å². The van der Waals surface area contributed by atoms with Crippen LogP contribution in [0.5, 0.6) is 0 Å². The maximum Gasteiger partial charge on any atom is 0.157 e. The molecule has 0 spiro atoms. The topological polar surface area (TPSA) is 38.7 Å². The Hall–Kier alpha value is 0.447. The van der Waals surface area contributed by atoms with Crippen molar-refractivity contribution in [1.29, 1.82) is 0 Å². The van der Waals surface area contributed by atoms with Crippen molar-refractivity contribution >= 4 is 21.6 Å². The first kappa shape index (κ1) is 20.4. The van der Waals surface area contributed by atoms with Gasteiger partial charge in [0.05, 0.1) is 0 Å². The molecular weight excluding hydrogens is 288 g/mol. The monoisotopic (exact) mass is 322 g/mol. The third kappa shape index (κ3) is 12.2. The van der Waals surface area contributed by atoms with Crippen molar-refractivity contribution in [3.63, 3.8) is 0 Å². The summed E-state index contributed by atoms with van der Waals surface area (Å²) >= 11 is 0.985. The number of ether oxygens (including phenoxy) is 2. The molecule has 0 fully saturated rings. The Labute approximate surface area is 132 Å². The van der Waals surface area contributed by atoms with E-state index in [1.54, 1.807) is 0 Å². The van der Waals surface area contributed by atoms with E-state index in [1.807, 2.05) is 13.8 Å². The van der Waals surface area contributed by atoms with Crippen LogP contribution < -0.4 is 0 Å². The molecule has 0 aromatic rings. The Morgan fingerprint density at radius 3 is 2.20 bits per heavy atom. The lowest BCUT2D eigenvalue weighted by Crippen LogP contribution is -2.18. The van der Waals surface area contributed by atoms with Crippen molar-refractivity contribution in [2.75, 3.05) is 19.0 Å². The smallest absolute Gasteiger partial charge is 0.157 e. The molecule has 0 heterocycles. The molecule has 0 rings (SSSR count). The van der Waals surface area contributed by atoms with Crippen LogP contribution in [0.2, 0.25) is 11.6 Å². The van der Waals surface area contributed by atoms with Crippen molar-refractivity contribution in [2.24, 2.45) is 0 Å². The first-order valence-electron chi connectivity index (χ1n) is 8.27. The molecule has 0 bridgehead atoms. The number of rotatable bonds is 15. The molecular formula is C15H34O3SSi. The van der Waals surface area contributed by atoms with Gasteiger partial charge in [0.2, 0.25) is 0 Å². The Bertz CT molecular complexity index is 190. The lowest BCUT2D eigenvalue weighted by molar-refractivity contribution is -0.136. The highest BCUT2D eigenvalue weighted by molar-refractivity contribution is 7.93. The fourth-order valence-corrected chi connectivity index (χ4v) is 5.12. The maximum absolute atomic E-state index is 8.82. The van der Waals surface area contributed by atoms with Gasteiger partial charge >= 0.3 is 0 Å². The van der Waals surface area contributed by atoms with E-state index in [-0.39, 0.29) is 15.8 Å². The highest BCUT2D eigenvalue weighted by Gasteiger charge is 2.12. The first-order chi connectivity index (χ1) is 9.78. The van der Waals surface area contributed by atoms with E-state index in [4.69, 9.17) is 14.0 Å². The number of hydrogen-bond acceptors (Lipinski definition) is 4. The van der Waals surface area contributed by atoms with Gasteiger partial charge in [-0.05, 0) is 38.7 Å². The molecule has 0 saturated heterocycles. The second-order valence-corrected chi connectivity index (χ2v) is 8.36. The lowest BCUT2D eigenvalue weighted by atomic mass is 10.1. The van der Waals surface area contributed by atoms with Gasteiger partial charge in [-0.1, -0.05) is 44.2 Å². The van der Waals surface area contributed by atoms with Gasteiger partial charge in [-0.3, -0.25) is 0 Å². The van der Waals surface area contributed by atoms with E-state index >= 15 is 0 Å². The van der Waals surface area contributed by atoms with E-state index in [9.17, 15) is 0 Å². The Morgan fingerprint density at radius 2 is 1.65 bits per heavy atom. The lowest BCUT2D eigenvalue weighted by Gasteiger charge is -2.19. The van der Waals surface area contributed by atoms with Gasteiger partial charge < -0.3 is 14.0 Å². The molecule has 0 saturated carbocycles. The zero-order chi connectivity index (χ0) is 15.1. The van der Waals surface area contributed by atoms with E-state index in [1.165, 1.54) is 31.7 Å². The van der Waals surface area contributed by atoms with Crippen molar-refractivity contribution in [1.82, 2.24) is 0 Å². The molecule has 122 valence electrons. The standard InChI is InChI=1S/C15H34O3SSi/c1-4-7-9-14(10-8-12-19-16)20-13-11-15(17-5-2)18-6-3/h14-16H,4-13,20H2,1-3H3. The molecule has 0 aliphatic heterocycles. The van der Waals surface area contributed by atoms with Gasteiger partial charge in [0.1, 0.15) is 0 Å². The molecule has 1 unspecified atom stereocenters. The number of unbranched alkanes of at least 4 members (excludes halogenated alkanes) is 1. The molecule has 1 N–H and O–H groups in total. The summed E-state index contributed by atoms with van der Waals surface area (Å²) in [5.74, 6) is 0.886. The van der Waals surface area contributed by atoms with Crippen LogP contribution in [0.3, 0.4) is 0 Å². The predicted octanol–water partition coefficient (Wildman–Crippen LogP) is 4.33. The first-order valence-corrected chi connectivity index (χ1v) is 11.0. The normalized spacial score (nSPS) is 13.7. The summed E-state index contributed by atoms with van der Waals surface area (Å²) in [6.07, 6.45) is 7.55. The zero-order valence-electron chi connectivity index (χ0n) is 13.6. The van der Waals surface area contributed by atoms with Crippen LogP contribution >= 0.6 is 12.0 Å². The molecule has 0 aliphatic carbocycles. The average Bonchev–Trinajstić information content (AvgIpc) is 2.44. The fourth-order valence-electron chi connectivity index (χ4n) is 2.52. The summed E-state index contributed by atoms with van der Waals surface area (Å²) in [5.41, 5.74) is 0.936. The van der Waals surface area contributed by atoms with Gasteiger partial charge in [-0.2, -0.15) is 0 Å². The van der Waals surface area contributed by atoms with Crippen LogP contribution in [0.15, 0.2) is 0 Å². The highest BCUT2D eigenvalue weighted by atomic mass is 32.2. The summed E-state index contributed by atoms with van der Waals surface area (Å²) in [5, 5.41) is 0. The summed E-state index contributed by atoms with van der Waals surface area (Å²) in [7, 11) is -0.0506. The molecule has 5 heteroatoms. The fraction of sp³-hybridized carbons (Fsp3) is 1.00. The minimum absolute atomic E-state index is 0.0114. The van der Waals surface area contributed by atoms with E-state index in [2.05, 4.69) is 6.92 Å². The Morgan fingerprint density at radius 1 is 1.00 bits per heavy atom. The van der Waals surface area contributed by atoms with Gasteiger partial charge in [0.25, 0.3) is 0 Å². The maximum atomic E-state index is 8.82. The summed E-state index contributed by atoms with van der Waals surface area (Å²) in [4.78, 5) is 0. The largest absolute Gasteiger partial charge is 0.353 e. The number of hydrogen-bond donors (Lipinski definition) is 1. The van der Waals surface area contributed by atoms with E-state index in [0.717, 1.165) is 49.4 Å². The Kier molecular flexibility index (Phi) is 16.2. The predicted molar refractivity (Wildman–Crippen MR) is 92.6 cm³/mol. The van der Waals surface area contributed by atoms with Crippen molar-refractivity contribution in [2.45, 2.75) is 77.2 Å². The van der Waals surface area contributed by atoms with Gasteiger partial charge in [0.15, 0.2) is 6.29 Å². The van der Waals surface area contributed by atoms with Crippen molar-refractivity contribution in [3.05, 3.63) is 0 Å². The molecule has 0 radical (unpaired) electrons. The van der Waals surface area contributed by atoms with Crippen molar-refractivity contribution in [3.8, 4) is 0 Å². The third-order valence-electron chi connectivity index (χ3n) is 3.57. The molecule has 0 aromatic carbocycles. The highest BCUT2D eigenvalue weighted by Crippen LogP contribution is 2.23. The molecule has 0 aromatic heterocycles. The van der Waals surface area contributed by atoms with Gasteiger partial charge in [-0.15, -0.1) is 0 Å². The SMILES string of the molecule is CCCCC(CCCSO)[SiH2]CCC(OCC)OCC. The van der Waals surface area contributed by atoms with Crippen LogP contribution in [0, 0.1) is 0 Å². The summed E-state index contributed by atoms with van der Waals surface area (Å²) < 4.78 is 20.0. The van der Waals surface area contributed by atoms with Crippen LogP contribution in [-0.2, 0) is 9.47 Å². The third-order valence-corrected chi connectivity index (χ3v) is 6.49. The minimum Gasteiger partial charge on any atom is -0.353 e. The molecule has 0 amide bonds. The van der Waals surface area contributed by atoms with Crippen LogP contribution in [0.1, 0.15) is 59.3 Å². The molecule has 3 nitrogen and oxygen atoms in total. The summed E-state index contributed by atoms with van der Waals surface area (Å²) in [6, 6.07) is 1.31. The Balaban J connectivity index is 3.89. The van der Waals surface area contributed by atoms with E-state index in [0.29, 0.717) is 0 Å². The average molecular weight is 323 g/mol. The summed E-state index contributed by atoms with van der Waals surface area (Å²) in [6.45, 7) is 7.79. The second kappa shape index (κ2) is 15.8. The zero-order valence-corrected chi connectivity index (χ0v) is 15.8. The minimum atomic E-state index is -0.0506. The van der Waals surface area contributed by atoms with Gasteiger partial charge in [-0.25, -0.2) is 0 Å². The second-order valence-electron chi connectivity index (χ2n) is 5.25. The van der Waals surface area contributed by atoms with Crippen LogP contribution in [0.4, 0.5) is 0 Å².